The molecule has 0 aliphatic rings. The number of nitriles is 1. The van der Waals surface area contributed by atoms with Crippen LogP contribution in [0, 0.1) is 18.3 Å². The molecule has 0 amide bonds. The van der Waals surface area contributed by atoms with E-state index >= 15 is 0 Å². The molecule has 0 aliphatic heterocycles. The van der Waals surface area contributed by atoms with E-state index in [0.717, 1.165) is 0 Å². The van der Waals surface area contributed by atoms with Gasteiger partial charge in [0.1, 0.15) is 17.5 Å². The van der Waals surface area contributed by atoms with Crippen molar-refractivity contribution in [2.45, 2.75) is 20.3 Å². The number of rotatable bonds is 7. The standard InChI is InChI=1S/C12H21N5O2S/c1-5-17(20(4,18)19)8-6-7-14-12-11(9-13)10(2)15-16(12)3/h14H,5-8H2,1-4H3. The Labute approximate surface area is 120 Å². The molecule has 1 aromatic rings. The van der Waals surface area contributed by atoms with Crippen molar-refractivity contribution in [1.29, 1.82) is 5.26 Å². The van der Waals surface area contributed by atoms with E-state index in [1.165, 1.54) is 10.6 Å². The molecular formula is C12H21N5O2S. The number of hydrogen-bond donors (Lipinski definition) is 1. The molecule has 112 valence electrons. The van der Waals surface area contributed by atoms with Crippen LogP contribution in [0.5, 0.6) is 0 Å². The predicted molar refractivity (Wildman–Crippen MR) is 77.9 cm³/mol. The van der Waals surface area contributed by atoms with Crippen LogP contribution in [0.15, 0.2) is 0 Å². The van der Waals surface area contributed by atoms with Gasteiger partial charge in [-0.25, -0.2) is 12.7 Å². The van der Waals surface area contributed by atoms with Gasteiger partial charge in [-0.05, 0) is 13.3 Å². The normalized spacial score (nSPS) is 11.6. The summed E-state index contributed by atoms with van der Waals surface area (Å²) in [4.78, 5) is 0. The van der Waals surface area contributed by atoms with Gasteiger partial charge in [0.25, 0.3) is 0 Å². The fourth-order valence-corrected chi connectivity index (χ4v) is 2.95. The number of nitrogens with zero attached hydrogens (tertiary/aromatic N) is 4. The molecule has 8 heteroatoms. The zero-order chi connectivity index (χ0) is 15.3. The number of nitrogens with one attached hydrogen (secondary N) is 1. The molecule has 0 atom stereocenters. The summed E-state index contributed by atoms with van der Waals surface area (Å²) in [5.41, 5.74) is 1.21. The number of aromatic nitrogens is 2. The first kappa shape index (κ1) is 16.5. The lowest BCUT2D eigenvalue weighted by atomic mass is 10.2. The maximum atomic E-state index is 11.4. The van der Waals surface area contributed by atoms with Crippen molar-refractivity contribution >= 4 is 15.8 Å². The zero-order valence-electron chi connectivity index (χ0n) is 12.3. The highest BCUT2D eigenvalue weighted by Gasteiger charge is 2.14. The second-order valence-corrected chi connectivity index (χ2v) is 6.56. The maximum Gasteiger partial charge on any atom is 0.211 e. The van der Waals surface area contributed by atoms with Crippen LogP contribution in [-0.4, -0.2) is 48.4 Å². The minimum atomic E-state index is -3.14. The smallest absolute Gasteiger partial charge is 0.211 e. The van der Waals surface area contributed by atoms with Gasteiger partial charge in [-0.3, -0.25) is 4.68 Å². The van der Waals surface area contributed by atoms with E-state index in [0.29, 0.717) is 43.1 Å². The van der Waals surface area contributed by atoms with Gasteiger partial charge in [0.2, 0.25) is 10.0 Å². The van der Waals surface area contributed by atoms with Crippen molar-refractivity contribution < 1.29 is 8.42 Å². The molecule has 7 nitrogen and oxygen atoms in total. The Morgan fingerprint density at radius 1 is 1.50 bits per heavy atom. The van der Waals surface area contributed by atoms with Gasteiger partial charge in [0.05, 0.1) is 11.9 Å². The van der Waals surface area contributed by atoms with Gasteiger partial charge < -0.3 is 5.32 Å². The average Bonchev–Trinajstić information content (AvgIpc) is 2.61. The van der Waals surface area contributed by atoms with Gasteiger partial charge in [0, 0.05) is 26.7 Å². The Morgan fingerprint density at radius 2 is 2.15 bits per heavy atom. The Morgan fingerprint density at radius 3 is 2.65 bits per heavy atom. The second-order valence-electron chi connectivity index (χ2n) is 4.58. The Kier molecular flexibility index (Phi) is 5.53. The first-order valence-corrected chi connectivity index (χ1v) is 8.28. The highest BCUT2D eigenvalue weighted by Crippen LogP contribution is 2.17. The Hall–Kier alpha value is -1.59. The summed E-state index contributed by atoms with van der Waals surface area (Å²) in [6.45, 7) is 5.10. The molecule has 0 unspecified atom stereocenters. The third-order valence-corrected chi connectivity index (χ3v) is 4.41. The van der Waals surface area contributed by atoms with Crippen LogP contribution >= 0.6 is 0 Å². The van der Waals surface area contributed by atoms with Crippen LogP contribution in [0.4, 0.5) is 5.82 Å². The van der Waals surface area contributed by atoms with Crippen LogP contribution in [0.3, 0.4) is 0 Å². The molecule has 0 saturated carbocycles. The van der Waals surface area contributed by atoms with Crippen molar-refractivity contribution in [2.24, 2.45) is 7.05 Å². The van der Waals surface area contributed by atoms with E-state index in [9.17, 15) is 8.42 Å². The minimum absolute atomic E-state index is 0.459. The van der Waals surface area contributed by atoms with Crippen molar-refractivity contribution in [2.75, 3.05) is 31.2 Å². The van der Waals surface area contributed by atoms with Crippen molar-refractivity contribution in [3.63, 3.8) is 0 Å². The van der Waals surface area contributed by atoms with Gasteiger partial charge in [0.15, 0.2) is 0 Å². The number of anilines is 1. The third-order valence-electron chi connectivity index (χ3n) is 3.03. The van der Waals surface area contributed by atoms with E-state index < -0.39 is 10.0 Å². The molecule has 1 aromatic heterocycles. The number of aryl methyl sites for hydroxylation is 2. The van der Waals surface area contributed by atoms with Crippen molar-refractivity contribution in [1.82, 2.24) is 14.1 Å². The monoisotopic (exact) mass is 299 g/mol. The first-order chi connectivity index (χ1) is 9.31. The lowest BCUT2D eigenvalue weighted by Crippen LogP contribution is -2.31. The molecule has 1 N–H and O–H groups in total. The van der Waals surface area contributed by atoms with Gasteiger partial charge in [-0.2, -0.15) is 10.4 Å². The molecule has 1 heterocycles. The fourth-order valence-electron chi connectivity index (χ4n) is 2.02. The van der Waals surface area contributed by atoms with E-state index in [1.54, 1.807) is 18.7 Å². The Bertz CT molecular complexity index is 600. The predicted octanol–water partition coefficient (Wildman–Crippen LogP) is 0.684. The molecule has 1 rings (SSSR count). The topological polar surface area (TPSA) is 91.0 Å². The fraction of sp³-hybridized carbons (Fsp3) is 0.667. The summed E-state index contributed by atoms with van der Waals surface area (Å²) in [7, 11) is -1.37. The molecule has 20 heavy (non-hydrogen) atoms. The van der Waals surface area contributed by atoms with Crippen LogP contribution in [-0.2, 0) is 17.1 Å². The van der Waals surface area contributed by atoms with E-state index in [4.69, 9.17) is 5.26 Å². The van der Waals surface area contributed by atoms with E-state index in [1.807, 2.05) is 6.92 Å². The highest BCUT2D eigenvalue weighted by atomic mass is 32.2. The lowest BCUT2D eigenvalue weighted by Gasteiger charge is -2.17. The number of sulfonamides is 1. The summed E-state index contributed by atoms with van der Waals surface area (Å²) in [6, 6.07) is 2.12. The van der Waals surface area contributed by atoms with Crippen LogP contribution < -0.4 is 5.32 Å². The summed E-state index contributed by atoms with van der Waals surface area (Å²) in [5.74, 6) is 0.674. The van der Waals surface area contributed by atoms with Crippen molar-refractivity contribution in [3.8, 4) is 6.07 Å². The van der Waals surface area contributed by atoms with Crippen LogP contribution in [0.25, 0.3) is 0 Å². The quantitative estimate of drug-likeness (QED) is 0.748. The summed E-state index contributed by atoms with van der Waals surface area (Å²) in [5, 5.41) is 16.4. The first-order valence-electron chi connectivity index (χ1n) is 6.44. The third kappa shape index (κ3) is 3.95. The average molecular weight is 299 g/mol. The minimum Gasteiger partial charge on any atom is -0.369 e. The van der Waals surface area contributed by atoms with Gasteiger partial charge >= 0.3 is 0 Å². The molecule has 0 spiro atoms. The molecule has 0 fully saturated rings. The maximum absolute atomic E-state index is 11.4. The highest BCUT2D eigenvalue weighted by molar-refractivity contribution is 7.88. The summed E-state index contributed by atoms with van der Waals surface area (Å²) in [6.07, 6.45) is 1.87. The summed E-state index contributed by atoms with van der Waals surface area (Å²) >= 11 is 0. The van der Waals surface area contributed by atoms with Gasteiger partial charge in [-0.1, -0.05) is 6.92 Å². The van der Waals surface area contributed by atoms with Crippen LogP contribution in [0.2, 0.25) is 0 Å². The second kappa shape index (κ2) is 6.72. The zero-order valence-corrected chi connectivity index (χ0v) is 13.2. The molecule has 0 aliphatic carbocycles. The van der Waals surface area contributed by atoms with Gasteiger partial charge in [-0.15, -0.1) is 0 Å². The molecule has 0 bridgehead atoms. The number of hydrogen-bond acceptors (Lipinski definition) is 5. The van der Waals surface area contributed by atoms with E-state index in [-0.39, 0.29) is 0 Å². The molecule has 0 saturated heterocycles. The lowest BCUT2D eigenvalue weighted by molar-refractivity contribution is 0.428. The largest absolute Gasteiger partial charge is 0.369 e. The molecule has 0 radical (unpaired) electrons. The summed E-state index contributed by atoms with van der Waals surface area (Å²) < 4.78 is 25.9. The van der Waals surface area contributed by atoms with E-state index in [2.05, 4.69) is 16.5 Å². The molecular weight excluding hydrogens is 278 g/mol. The Balaban J connectivity index is 2.56. The molecule has 0 aromatic carbocycles. The SMILES string of the molecule is CCN(CCCNc1c(C#N)c(C)nn1C)S(C)(=O)=O. The van der Waals surface area contributed by atoms with Crippen molar-refractivity contribution in [3.05, 3.63) is 11.3 Å². The van der Waals surface area contributed by atoms with Crippen LogP contribution in [0.1, 0.15) is 24.6 Å².